The molecule has 2 amide bonds. The summed E-state index contributed by atoms with van der Waals surface area (Å²) >= 11 is 0. The smallest absolute Gasteiger partial charge is 0.242 e. The van der Waals surface area contributed by atoms with Crippen molar-refractivity contribution in [1.29, 1.82) is 0 Å². The van der Waals surface area contributed by atoms with E-state index in [0.29, 0.717) is 36.0 Å². The Labute approximate surface area is 239 Å². The van der Waals surface area contributed by atoms with E-state index in [2.05, 4.69) is 5.32 Å². The molecule has 0 unspecified atom stereocenters. The molecule has 41 heavy (non-hydrogen) atoms. The van der Waals surface area contributed by atoms with Crippen LogP contribution < -0.4 is 19.1 Å². The summed E-state index contributed by atoms with van der Waals surface area (Å²) < 4.78 is 51.3. The maximum absolute atomic E-state index is 13.7. The number of benzene rings is 3. The summed E-state index contributed by atoms with van der Waals surface area (Å²) in [6.45, 7) is 0.906. The Kier molecular flexibility index (Phi) is 9.82. The van der Waals surface area contributed by atoms with Gasteiger partial charge in [0, 0.05) is 39.0 Å². The minimum Gasteiger partial charge on any atom is -0.486 e. The number of ether oxygens (including phenoxy) is 2. The van der Waals surface area contributed by atoms with Crippen LogP contribution in [0.2, 0.25) is 0 Å². The molecule has 0 saturated heterocycles. The lowest BCUT2D eigenvalue weighted by atomic mass is 10.0. The Bertz CT molecular complexity index is 1450. The number of fused-ring (bicyclic) bond motifs is 1. The molecular formula is C30H34FN3O6S. The molecule has 1 atom stereocenters. The maximum atomic E-state index is 13.7. The average Bonchev–Trinajstić information content (AvgIpc) is 2.97. The highest BCUT2D eigenvalue weighted by atomic mass is 32.2. The van der Waals surface area contributed by atoms with Gasteiger partial charge in [-0.1, -0.05) is 42.5 Å². The molecule has 3 aromatic rings. The van der Waals surface area contributed by atoms with Gasteiger partial charge in [-0.2, -0.15) is 0 Å². The minimum absolute atomic E-state index is 0.0138. The quantitative estimate of drug-likeness (QED) is 0.350. The normalized spacial score (nSPS) is 13.2. The first-order chi connectivity index (χ1) is 19.7. The third kappa shape index (κ3) is 7.97. The van der Waals surface area contributed by atoms with Gasteiger partial charge >= 0.3 is 0 Å². The van der Waals surface area contributed by atoms with E-state index < -0.39 is 21.9 Å². The molecule has 1 aliphatic heterocycles. The molecular weight excluding hydrogens is 549 g/mol. The zero-order valence-corrected chi connectivity index (χ0v) is 23.9. The molecule has 0 radical (unpaired) electrons. The number of anilines is 1. The van der Waals surface area contributed by atoms with Crippen LogP contribution in [0.4, 0.5) is 10.1 Å². The third-order valence-corrected chi connectivity index (χ3v) is 7.94. The van der Waals surface area contributed by atoms with E-state index in [9.17, 15) is 22.4 Å². The second-order valence-corrected chi connectivity index (χ2v) is 11.6. The molecule has 0 aromatic heterocycles. The number of amides is 2. The van der Waals surface area contributed by atoms with Crippen LogP contribution in [-0.2, 0) is 32.6 Å². The predicted octanol–water partition coefficient (Wildman–Crippen LogP) is 3.53. The molecule has 3 aromatic carbocycles. The van der Waals surface area contributed by atoms with Gasteiger partial charge < -0.3 is 19.7 Å². The maximum Gasteiger partial charge on any atom is 0.242 e. The molecule has 11 heteroatoms. The van der Waals surface area contributed by atoms with Crippen molar-refractivity contribution in [2.24, 2.45) is 0 Å². The van der Waals surface area contributed by atoms with Gasteiger partial charge in [-0.25, -0.2) is 12.8 Å². The molecule has 218 valence electrons. The molecule has 1 N–H and O–H groups in total. The zero-order chi connectivity index (χ0) is 29.4. The highest BCUT2D eigenvalue weighted by Crippen LogP contribution is 2.34. The zero-order valence-electron chi connectivity index (χ0n) is 23.1. The predicted molar refractivity (Wildman–Crippen MR) is 154 cm³/mol. The summed E-state index contributed by atoms with van der Waals surface area (Å²) in [5, 5.41) is 2.65. The van der Waals surface area contributed by atoms with E-state index in [1.165, 1.54) is 28.4 Å². The summed E-state index contributed by atoms with van der Waals surface area (Å²) in [6, 6.07) is 19.2. The van der Waals surface area contributed by atoms with Crippen LogP contribution in [0.3, 0.4) is 0 Å². The van der Waals surface area contributed by atoms with Gasteiger partial charge in [-0.3, -0.25) is 13.9 Å². The number of sulfonamides is 1. The highest BCUT2D eigenvalue weighted by Gasteiger charge is 2.30. The van der Waals surface area contributed by atoms with Crippen molar-refractivity contribution in [3.8, 4) is 11.5 Å². The topological polar surface area (TPSA) is 105 Å². The lowest BCUT2D eigenvalue weighted by Crippen LogP contribution is -2.49. The van der Waals surface area contributed by atoms with Crippen molar-refractivity contribution in [2.75, 3.05) is 37.4 Å². The standard InChI is InChI=1S/C30H34FN3O6S/c1-32-30(36)26(19-22-7-4-3-5-8-22)33(21-23-10-12-24(31)13-11-23)29(35)9-6-16-34(41(2,37)38)25-14-15-27-28(20-25)40-18-17-39-27/h3-5,7-8,10-15,20,26H,6,9,16-19,21H2,1-2H3,(H,32,36)/t26-/m0/s1. The number of nitrogens with one attached hydrogen (secondary N) is 1. The third-order valence-electron chi connectivity index (χ3n) is 6.75. The van der Waals surface area contributed by atoms with Gasteiger partial charge in [-0.05, 0) is 41.8 Å². The first kappa shape index (κ1) is 29.9. The number of nitrogens with zero attached hydrogens (tertiary/aromatic N) is 2. The van der Waals surface area contributed by atoms with Crippen molar-refractivity contribution in [1.82, 2.24) is 10.2 Å². The van der Waals surface area contributed by atoms with Crippen molar-refractivity contribution in [2.45, 2.75) is 31.8 Å². The average molecular weight is 584 g/mol. The van der Waals surface area contributed by atoms with Crippen molar-refractivity contribution in [3.63, 3.8) is 0 Å². The van der Waals surface area contributed by atoms with E-state index in [0.717, 1.165) is 11.8 Å². The number of hydrogen-bond donors (Lipinski definition) is 1. The Morgan fingerprint density at radius 2 is 1.63 bits per heavy atom. The molecule has 9 nitrogen and oxygen atoms in total. The molecule has 0 spiro atoms. The largest absolute Gasteiger partial charge is 0.486 e. The molecule has 0 fully saturated rings. The van der Waals surface area contributed by atoms with Crippen LogP contribution in [0.25, 0.3) is 0 Å². The lowest BCUT2D eigenvalue weighted by Gasteiger charge is -2.31. The van der Waals surface area contributed by atoms with Crippen LogP contribution in [-0.4, -0.2) is 64.2 Å². The van der Waals surface area contributed by atoms with Crippen molar-refractivity contribution >= 4 is 27.5 Å². The van der Waals surface area contributed by atoms with E-state index in [1.807, 2.05) is 30.3 Å². The summed E-state index contributed by atoms with van der Waals surface area (Å²) in [4.78, 5) is 28.2. The van der Waals surface area contributed by atoms with Gasteiger partial charge in [0.2, 0.25) is 21.8 Å². The van der Waals surface area contributed by atoms with Crippen LogP contribution in [0.5, 0.6) is 11.5 Å². The van der Waals surface area contributed by atoms with Gasteiger partial charge in [0.05, 0.1) is 11.9 Å². The molecule has 0 bridgehead atoms. The molecule has 4 rings (SSSR count). The van der Waals surface area contributed by atoms with Gasteiger partial charge in [0.15, 0.2) is 11.5 Å². The van der Waals surface area contributed by atoms with Gasteiger partial charge in [-0.15, -0.1) is 0 Å². The van der Waals surface area contributed by atoms with Crippen LogP contribution in [0.15, 0.2) is 72.8 Å². The SMILES string of the molecule is CNC(=O)[C@H](Cc1ccccc1)N(Cc1ccc(F)cc1)C(=O)CCCN(c1ccc2c(c1)OCCO2)S(C)(=O)=O. The van der Waals surface area contributed by atoms with Crippen molar-refractivity contribution in [3.05, 3.63) is 89.7 Å². The van der Waals surface area contributed by atoms with Gasteiger partial charge in [0.25, 0.3) is 0 Å². The van der Waals surface area contributed by atoms with Crippen LogP contribution in [0.1, 0.15) is 24.0 Å². The number of halogens is 1. The number of likely N-dealkylation sites (N-methyl/N-ethyl adjacent to an activating group) is 1. The number of hydrogen-bond acceptors (Lipinski definition) is 6. The Morgan fingerprint density at radius 3 is 2.29 bits per heavy atom. The number of rotatable bonds is 12. The summed E-state index contributed by atoms with van der Waals surface area (Å²) in [5.41, 5.74) is 1.94. The summed E-state index contributed by atoms with van der Waals surface area (Å²) in [5.74, 6) is -0.0661. The molecule has 1 heterocycles. The molecule has 0 aliphatic carbocycles. The van der Waals surface area contributed by atoms with E-state index >= 15 is 0 Å². The fourth-order valence-electron chi connectivity index (χ4n) is 4.70. The minimum atomic E-state index is -3.68. The second kappa shape index (κ2) is 13.5. The van der Waals surface area contributed by atoms with E-state index in [1.54, 1.807) is 30.3 Å². The van der Waals surface area contributed by atoms with Crippen LogP contribution >= 0.6 is 0 Å². The second-order valence-electron chi connectivity index (χ2n) is 9.73. The molecule has 1 aliphatic rings. The fourth-order valence-corrected chi connectivity index (χ4v) is 5.66. The Hall–Kier alpha value is -4.12. The fraction of sp³-hybridized carbons (Fsp3) is 0.333. The van der Waals surface area contributed by atoms with Gasteiger partial charge in [0.1, 0.15) is 25.1 Å². The highest BCUT2D eigenvalue weighted by molar-refractivity contribution is 7.92. The first-order valence-corrected chi connectivity index (χ1v) is 15.2. The summed E-state index contributed by atoms with van der Waals surface area (Å²) in [7, 11) is -2.17. The summed E-state index contributed by atoms with van der Waals surface area (Å²) in [6.07, 6.45) is 1.57. The molecule has 0 saturated carbocycles. The Morgan fingerprint density at radius 1 is 0.951 bits per heavy atom. The van der Waals surface area contributed by atoms with Crippen LogP contribution in [0, 0.1) is 5.82 Å². The number of carbonyl (C=O) groups excluding carboxylic acids is 2. The van der Waals surface area contributed by atoms with Crippen molar-refractivity contribution < 1.29 is 31.9 Å². The van der Waals surface area contributed by atoms with E-state index in [-0.39, 0.29) is 44.2 Å². The lowest BCUT2D eigenvalue weighted by molar-refractivity contribution is -0.141. The van der Waals surface area contributed by atoms with E-state index in [4.69, 9.17) is 9.47 Å². The monoisotopic (exact) mass is 583 g/mol. The Balaban J connectivity index is 1.54. The number of carbonyl (C=O) groups is 2. The first-order valence-electron chi connectivity index (χ1n) is 13.3.